The zero-order valence-electron chi connectivity index (χ0n) is 11.6. The number of nitrogens with one attached hydrogen (secondary N) is 2. The standard InChI is InChI=1S/C13H14F3N3O3/c1-7(20)5-17-10-3-2-8(4-9(10)13(14,15)16)12-19-18-11(21)6-22-12/h2-4,7,17,20H,5-6H2,1H3,(H,18,21). The second-order valence-corrected chi connectivity index (χ2v) is 4.73. The van der Waals surface area contributed by atoms with Gasteiger partial charge in [-0.2, -0.15) is 13.2 Å². The molecule has 1 aliphatic heterocycles. The summed E-state index contributed by atoms with van der Waals surface area (Å²) in [5.74, 6) is -0.567. The molecule has 120 valence electrons. The molecule has 2 rings (SSSR count). The van der Waals surface area contributed by atoms with Crippen molar-refractivity contribution in [3.05, 3.63) is 29.3 Å². The van der Waals surface area contributed by atoms with E-state index in [4.69, 9.17) is 9.84 Å². The molecule has 1 aromatic rings. The molecule has 1 aromatic carbocycles. The monoisotopic (exact) mass is 317 g/mol. The van der Waals surface area contributed by atoms with Crippen LogP contribution in [0.15, 0.2) is 23.3 Å². The van der Waals surface area contributed by atoms with E-state index < -0.39 is 23.8 Å². The molecule has 1 heterocycles. The fraction of sp³-hybridized carbons (Fsp3) is 0.385. The molecule has 0 saturated heterocycles. The highest BCUT2D eigenvalue weighted by Gasteiger charge is 2.34. The SMILES string of the molecule is CC(O)CNc1ccc(C2=NNC(=O)CO2)cc1C(F)(F)F. The minimum Gasteiger partial charge on any atom is -0.466 e. The molecule has 1 amide bonds. The van der Waals surface area contributed by atoms with Crippen molar-refractivity contribution < 1.29 is 27.8 Å². The van der Waals surface area contributed by atoms with Crippen molar-refractivity contribution in [3.8, 4) is 0 Å². The number of carbonyl (C=O) groups excluding carboxylic acids is 1. The van der Waals surface area contributed by atoms with Crippen molar-refractivity contribution in [2.24, 2.45) is 5.10 Å². The highest BCUT2D eigenvalue weighted by Crippen LogP contribution is 2.35. The van der Waals surface area contributed by atoms with E-state index in [1.54, 1.807) is 0 Å². The Bertz CT molecular complexity index is 600. The van der Waals surface area contributed by atoms with Gasteiger partial charge in [0.25, 0.3) is 5.91 Å². The number of carbonyl (C=O) groups is 1. The molecule has 0 aromatic heterocycles. The number of aliphatic hydroxyl groups excluding tert-OH is 1. The minimum absolute atomic E-state index is 0.0179. The second-order valence-electron chi connectivity index (χ2n) is 4.73. The van der Waals surface area contributed by atoms with E-state index in [1.165, 1.54) is 19.1 Å². The Morgan fingerprint density at radius 1 is 1.50 bits per heavy atom. The van der Waals surface area contributed by atoms with Gasteiger partial charge in [-0.05, 0) is 25.1 Å². The number of halogens is 3. The second kappa shape index (κ2) is 6.22. The maximum Gasteiger partial charge on any atom is 0.418 e. The Hall–Kier alpha value is -2.29. The quantitative estimate of drug-likeness (QED) is 0.782. The van der Waals surface area contributed by atoms with E-state index in [0.717, 1.165) is 6.07 Å². The summed E-state index contributed by atoms with van der Waals surface area (Å²) in [6, 6.07) is 3.49. The lowest BCUT2D eigenvalue weighted by molar-refractivity contribution is -0.137. The van der Waals surface area contributed by atoms with Crippen LogP contribution in [0.5, 0.6) is 0 Å². The molecule has 1 atom stereocenters. The van der Waals surface area contributed by atoms with Crippen LogP contribution < -0.4 is 10.7 Å². The summed E-state index contributed by atoms with van der Waals surface area (Å²) in [5, 5.41) is 15.3. The normalized spacial score (nSPS) is 16.4. The number of ether oxygens (including phenoxy) is 1. The third-order valence-electron chi connectivity index (χ3n) is 2.78. The summed E-state index contributed by atoms with van der Waals surface area (Å²) in [6.45, 7) is 1.14. The predicted octanol–water partition coefficient (Wildman–Crippen LogP) is 1.31. The number of amides is 1. The Kier molecular flexibility index (Phi) is 4.55. The number of hydrogen-bond acceptors (Lipinski definition) is 5. The fourth-order valence-corrected chi connectivity index (χ4v) is 1.78. The summed E-state index contributed by atoms with van der Waals surface area (Å²) >= 11 is 0. The summed E-state index contributed by atoms with van der Waals surface area (Å²) in [5.41, 5.74) is 1.17. The third kappa shape index (κ3) is 3.88. The summed E-state index contributed by atoms with van der Waals surface area (Å²) in [6.07, 6.45) is -5.38. The van der Waals surface area contributed by atoms with Gasteiger partial charge in [0.05, 0.1) is 11.7 Å². The Balaban J connectivity index is 2.33. The van der Waals surface area contributed by atoms with Crippen LogP contribution in [0.1, 0.15) is 18.1 Å². The first kappa shape index (κ1) is 16.1. The van der Waals surface area contributed by atoms with Gasteiger partial charge in [0.2, 0.25) is 5.90 Å². The third-order valence-corrected chi connectivity index (χ3v) is 2.78. The number of benzene rings is 1. The van der Waals surface area contributed by atoms with Crippen LogP contribution in [-0.2, 0) is 15.7 Å². The lowest BCUT2D eigenvalue weighted by Crippen LogP contribution is -2.32. The predicted molar refractivity (Wildman–Crippen MR) is 72.2 cm³/mol. The molecule has 0 aliphatic carbocycles. The van der Waals surface area contributed by atoms with Crippen LogP contribution >= 0.6 is 0 Å². The Morgan fingerprint density at radius 3 is 2.77 bits per heavy atom. The topological polar surface area (TPSA) is 83.0 Å². The van der Waals surface area contributed by atoms with Crippen molar-refractivity contribution in [1.29, 1.82) is 0 Å². The molecule has 0 radical (unpaired) electrons. The number of rotatable bonds is 4. The molecule has 9 heteroatoms. The highest BCUT2D eigenvalue weighted by molar-refractivity contribution is 5.98. The van der Waals surface area contributed by atoms with Crippen molar-refractivity contribution >= 4 is 17.5 Å². The number of anilines is 1. The van der Waals surface area contributed by atoms with E-state index in [0.29, 0.717) is 0 Å². The maximum absolute atomic E-state index is 13.1. The van der Waals surface area contributed by atoms with E-state index in [2.05, 4.69) is 15.8 Å². The van der Waals surface area contributed by atoms with Crippen LogP contribution in [0, 0.1) is 0 Å². The van der Waals surface area contributed by atoms with Crippen LogP contribution in [0.2, 0.25) is 0 Å². The van der Waals surface area contributed by atoms with Crippen LogP contribution in [0.4, 0.5) is 18.9 Å². The molecule has 3 N–H and O–H groups in total. The van der Waals surface area contributed by atoms with Gasteiger partial charge in [0, 0.05) is 17.8 Å². The van der Waals surface area contributed by atoms with Crippen molar-refractivity contribution in [2.75, 3.05) is 18.5 Å². The summed E-state index contributed by atoms with van der Waals surface area (Å²) < 4.78 is 44.4. The van der Waals surface area contributed by atoms with Crippen molar-refractivity contribution in [2.45, 2.75) is 19.2 Å². The maximum atomic E-state index is 13.1. The minimum atomic E-state index is -4.59. The zero-order valence-corrected chi connectivity index (χ0v) is 11.6. The lowest BCUT2D eigenvalue weighted by atomic mass is 10.1. The number of hydrogen-bond donors (Lipinski definition) is 3. The number of aliphatic hydroxyl groups is 1. The van der Waals surface area contributed by atoms with Gasteiger partial charge < -0.3 is 15.2 Å². The highest BCUT2D eigenvalue weighted by atomic mass is 19.4. The van der Waals surface area contributed by atoms with Crippen LogP contribution in [0.25, 0.3) is 0 Å². The largest absolute Gasteiger partial charge is 0.466 e. The lowest BCUT2D eigenvalue weighted by Gasteiger charge is -2.18. The van der Waals surface area contributed by atoms with Gasteiger partial charge in [0.15, 0.2) is 6.61 Å². The molecule has 0 saturated carbocycles. The first-order chi connectivity index (χ1) is 10.3. The molecule has 6 nitrogen and oxygen atoms in total. The molecule has 22 heavy (non-hydrogen) atoms. The van der Waals surface area contributed by atoms with Crippen molar-refractivity contribution in [3.63, 3.8) is 0 Å². The average Bonchev–Trinajstić information content (AvgIpc) is 2.45. The molecular formula is C13H14F3N3O3. The van der Waals surface area contributed by atoms with Crippen LogP contribution in [0.3, 0.4) is 0 Å². The average molecular weight is 317 g/mol. The van der Waals surface area contributed by atoms with E-state index in [9.17, 15) is 18.0 Å². The zero-order chi connectivity index (χ0) is 16.3. The van der Waals surface area contributed by atoms with E-state index in [-0.39, 0.29) is 30.3 Å². The first-order valence-corrected chi connectivity index (χ1v) is 6.40. The van der Waals surface area contributed by atoms with Gasteiger partial charge in [-0.3, -0.25) is 4.79 Å². The molecule has 1 unspecified atom stereocenters. The van der Waals surface area contributed by atoms with Gasteiger partial charge >= 0.3 is 6.18 Å². The van der Waals surface area contributed by atoms with E-state index in [1.807, 2.05) is 0 Å². The molecule has 0 bridgehead atoms. The summed E-state index contributed by atoms with van der Waals surface area (Å²) in [7, 11) is 0. The molecule has 1 aliphatic rings. The van der Waals surface area contributed by atoms with Crippen LogP contribution in [-0.4, -0.2) is 36.2 Å². The molecular weight excluding hydrogens is 303 g/mol. The summed E-state index contributed by atoms with van der Waals surface area (Å²) in [4.78, 5) is 10.9. The van der Waals surface area contributed by atoms with Crippen molar-refractivity contribution in [1.82, 2.24) is 5.43 Å². The Morgan fingerprint density at radius 2 is 2.23 bits per heavy atom. The van der Waals surface area contributed by atoms with Gasteiger partial charge in [0.1, 0.15) is 0 Å². The number of hydrazone groups is 1. The fourth-order valence-electron chi connectivity index (χ4n) is 1.78. The molecule has 0 spiro atoms. The van der Waals surface area contributed by atoms with Gasteiger partial charge in [-0.15, -0.1) is 5.10 Å². The number of nitrogens with zero attached hydrogens (tertiary/aromatic N) is 1. The van der Waals surface area contributed by atoms with E-state index >= 15 is 0 Å². The van der Waals surface area contributed by atoms with Gasteiger partial charge in [-0.1, -0.05) is 0 Å². The molecule has 0 fully saturated rings. The smallest absolute Gasteiger partial charge is 0.418 e. The van der Waals surface area contributed by atoms with Gasteiger partial charge in [-0.25, -0.2) is 5.43 Å². The first-order valence-electron chi connectivity index (χ1n) is 6.40. The Labute approximate surface area is 124 Å². The number of alkyl halides is 3.